The molecule has 4 heterocycles. The van der Waals surface area contributed by atoms with Crippen molar-refractivity contribution in [3.05, 3.63) is 69.8 Å². The van der Waals surface area contributed by atoms with E-state index in [-0.39, 0.29) is 6.08 Å². The number of ether oxygens (including phenoxy) is 7. The molecular formula is C41H28O27. The Morgan fingerprint density at radius 2 is 1.07 bits per heavy atom. The minimum absolute atomic E-state index is 0.238. The molecule has 7 atom stereocenters. The van der Waals surface area contributed by atoms with E-state index in [1.54, 1.807) is 0 Å². The van der Waals surface area contributed by atoms with Crippen molar-refractivity contribution >= 4 is 35.6 Å². The lowest BCUT2D eigenvalue weighted by atomic mass is 9.70. The molecule has 0 aromatic heterocycles. The summed E-state index contributed by atoms with van der Waals surface area (Å²) in [6, 6.07) is 2.34. The second-order valence-corrected chi connectivity index (χ2v) is 15.5. The molecule has 0 amide bonds. The van der Waals surface area contributed by atoms with Crippen molar-refractivity contribution in [2.24, 2.45) is 0 Å². The van der Waals surface area contributed by atoms with E-state index in [1.165, 1.54) is 0 Å². The first-order chi connectivity index (χ1) is 31.9. The molecule has 68 heavy (non-hydrogen) atoms. The lowest BCUT2D eigenvalue weighted by Gasteiger charge is -2.49. The number of rotatable bonds is 2. The van der Waals surface area contributed by atoms with Crippen LogP contribution in [0.3, 0.4) is 0 Å². The average molecular weight is 953 g/mol. The molecule has 4 aliphatic heterocycles. The molecule has 6 bridgehead atoms. The monoisotopic (exact) mass is 952 g/mol. The molecule has 0 spiro atoms. The van der Waals surface area contributed by atoms with Gasteiger partial charge in [-0.25, -0.2) is 24.0 Å². The number of aromatic hydroxyl groups is 11. The lowest BCUT2D eigenvalue weighted by Crippen LogP contribution is -2.70. The average Bonchev–Trinajstić information content (AvgIpc) is 3.28. The van der Waals surface area contributed by atoms with Crippen molar-refractivity contribution in [1.82, 2.24) is 0 Å². The molecule has 354 valence electrons. The van der Waals surface area contributed by atoms with Gasteiger partial charge in [-0.1, -0.05) is 0 Å². The van der Waals surface area contributed by atoms with Gasteiger partial charge in [0.05, 0.1) is 33.7 Å². The first-order valence-electron chi connectivity index (χ1n) is 19.1. The van der Waals surface area contributed by atoms with Gasteiger partial charge in [-0.15, -0.1) is 0 Å². The second-order valence-electron chi connectivity index (χ2n) is 15.5. The molecule has 9 rings (SSSR count). The SMILES string of the molecule is O=C1O[C@@H]2[C@H](OC(=O)c3cc(O)c(O)c(O)c3)O[C@H]3COC(=O)c4cc(O)c(O)c(O)c4-c4c(cc(O)c(O)c4O)C(=O)O[C@H]2[C@@H]3OC(=O)c2cc(O)c(O)c3c2[C@H]2C1=CC(=O)[C@@](O)(O3)C2(O)O. The maximum atomic E-state index is 14.6. The van der Waals surface area contributed by atoms with Crippen molar-refractivity contribution in [3.8, 4) is 80.1 Å². The van der Waals surface area contributed by atoms with E-state index in [1.807, 2.05) is 0 Å². The van der Waals surface area contributed by atoms with Gasteiger partial charge in [-0.2, -0.15) is 0 Å². The summed E-state index contributed by atoms with van der Waals surface area (Å²) >= 11 is 0. The van der Waals surface area contributed by atoms with Gasteiger partial charge in [-0.3, -0.25) is 4.79 Å². The maximum absolute atomic E-state index is 14.6. The number of ketones is 1. The normalized spacial score (nSPS) is 25.7. The molecule has 5 aliphatic rings. The third-order valence-corrected chi connectivity index (χ3v) is 11.5. The van der Waals surface area contributed by atoms with Crippen molar-refractivity contribution in [3.63, 3.8) is 0 Å². The molecule has 1 fully saturated rings. The fourth-order valence-electron chi connectivity index (χ4n) is 8.25. The van der Waals surface area contributed by atoms with Crippen LogP contribution >= 0.6 is 0 Å². The Bertz CT molecular complexity index is 3020. The highest BCUT2D eigenvalue weighted by molar-refractivity contribution is 6.10. The molecule has 0 radical (unpaired) electrons. The summed E-state index contributed by atoms with van der Waals surface area (Å²) < 4.78 is 38.9. The number of benzene rings is 4. The molecule has 0 saturated carbocycles. The summed E-state index contributed by atoms with van der Waals surface area (Å²) in [5.74, 6) is -36.5. The smallest absolute Gasteiger partial charge is 0.340 e. The quantitative estimate of drug-likeness (QED) is 0.0491. The van der Waals surface area contributed by atoms with E-state index >= 15 is 0 Å². The first-order valence-corrected chi connectivity index (χ1v) is 19.1. The molecule has 4 aromatic carbocycles. The van der Waals surface area contributed by atoms with Gasteiger partial charge in [0.25, 0.3) is 5.79 Å². The van der Waals surface area contributed by atoms with Crippen LogP contribution in [0.25, 0.3) is 11.1 Å². The van der Waals surface area contributed by atoms with Crippen LogP contribution in [0.1, 0.15) is 52.9 Å². The van der Waals surface area contributed by atoms with E-state index in [0.717, 1.165) is 0 Å². The summed E-state index contributed by atoms with van der Waals surface area (Å²) in [6.07, 6.45) is -12.2. The van der Waals surface area contributed by atoms with E-state index in [0.29, 0.717) is 30.3 Å². The number of carbonyl (C=O) groups excluding carboxylic acids is 6. The zero-order valence-electron chi connectivity index (χ0n) is 33.2. The van der Waals surface area contributed by atoms with Crippen molar-refractivity contribution < 1.29 is 133 Å². The van der Waals surface area contributed by atoms with E-state index < -0.39 is 204 Å². The van der Waals surface area contributed by atoms with E-state index in [2.05, 4.69) is 0 Å². The zero-order valence-corrected chi connectivity index (χ0v) is 33.2. The zero-order chi connectivity index (χ0) is 49.4. The largest absolute Gasteiger partial charge is 0.504 e. The molecule has 27 heteroatoms. The second kappa shape index (κ2) is 14.8. The Hall–Kier alpha value is -8.92. The molecule has 4 aromatic rings. The highest BCUT2D eigenvalue weighted by Gasteiger charge is 2.70. The molecule has 27 nitrogen and oxygen atoms in total. The number of hydrogen-bond acceptors (Lipinski definition) is 27. The highest BCUT2D eigenvalue weighted by Crippen LogP contribution is 2.59. The van der Waals surface area contributed by atoms with Gasteiger partial charge < -0.3 is 105 Å². The van der Waals surface area contributed by atoms with Crippen LogP contribution in [0.5, 0.6) is 69.0 Å². The van der Waals surface area contributed by atoms with E-state index in [4.69, 9.17) is 33.2 Å². The fraction of sp³-hybridized carbons (Fsp3) is 0.220. The maximum Gasteiger partial charge on any atom is 0.340 e. The number of hydrogen-bond donors (Lipinski definition) is 14. The first kappa shape index (κ1) is 44.3. The van der Waals surface area contributed by atoms with Crippen LogP contribution in [-0.4, -0.2) is 156 Å². The van der Waals surface area contributed by atoms with Crippen LogP contribution < -0.4 is 4.74 Å². The van der Waals surface area contributed by atoms with Crippen LogP contribution in [-0.2, 0) is 38.0 Å². The molecular weight excluding hydrogens is 924 g/mol. The van der Waals surface area contributed by atoms with Crippen LogP contribution in [0.15, 0.2) is 42.0 Å². The minimum Gasteiger partial charge on any atom is -0.504 e. The number of phenols is 11. The third-order valence-electron chi connectivity index (χ3n) is 11.5. The molecule has 14 N–H and O–H groups in total. The molecule has 0 unspecified atom stereocenters. The summed E-state index contributed by atoms with van der Waals surface area (Å²) in [6.45, 7) is -1.30. The summed E-state index contributed by atoms with van der Waals surface area (Å²) in [4.78, 5) is 84.8. The van der Waals surface area contributed by atoms with E-state index in [9.17, 15) is 100 Å². The third kappa shape index (κ3) is 6.21. The summed E-state index contributed by atoms with van der Waals surface area (Å²) in [5, 5.41) is 150. The van der Waals surface area contributed by atoms with Gasteiger partial charge in [-0.05, 0) is 36.4 Å². The standard InChI is InChI=1S/C41H28O27/c42-13-1-8(2-14(43)24(13)48)34(54)67-39-33-32-30(64-37(57)11-5-17(46)27(51)31-22(11)23-12(38(58)66-33)6-19(47)41(61,68-31)40(23,59)60)18(63-39)7-62-35(55)9-3-15(44)25(49)28(52)20(9)21-10(36(56)65-32)4-16(45)26(50)29(21)53/h1-6,18,23,30,32-33,39,42-46,48-53,59-61H,7H2/t18-,23+,30+,32-,33-,39-,41+/m0/s1. The Morgan fingerprint density at radius 3 is 1.68 bits per heavy atom. The van der Waals surface area contributed by atoms with Crippen LogP contribution in [0.4, 0.5) is 0 Å². The van der Waals surface area contributed by atoms with Crippen LogP contribution in [0.2, 0.25) is 0 Å². The number of phenolic OH excluding ortho intramolecular Hbond substituents is 11. The molecule has 1 saturated heterocycles. The number of aliphatic hydroxyl groups is 3. The van der Waals surface area contributed by atoms with Gasteiger partial charge >= 0.3 is 35.6 Å². The molecule has 1 aliphatic carbocycles. The van der Waals surface area contributed by atoms with Crippen molar-refractivity contribution in [2.75, 3.05) is 6.61 Å². The van der Waals surface area contributed by atoms with Gasteiger partial charge in [0.15, 0.2) is 64.0 Å². The summed E-state index contributed by atoms with van der Waals surface area (Å²) in [7, 11) is 0. The lowest BCUT2D eigenvalue weighted by molar-refractivity contribution is -0.339. The van der Waals surface area contributed by atoms with Gasteiger partial charge in [0.2, 0.25) is 35.4 Å². The predicted molar refractivity (Wildman–Crippen MR) is 204 cm³/mol. The number of carbonyl (C=O) groups is 6. The van der Waals surface area contributed by atoms with Gasteiger partial charge in [0.1, 0.15) is 12.7 Å². The number of cyclic esters (lactones) is 1. The van der Waals surface area contributed by atoms with Gasteiger partial charge in [0, 0.05) is 16.7 Å². The van der Waals surface area contributed by atoms with Crippen molar-refractivity contribution in [1.29, 1.82) is 0 Å². The fourth-order valence-corrected chi connectivity index (χ4v) is 8.25. The Kier molecular flexibility index (Phi) is 9.64. The Balaban J connectivity index is 1.29. The predicted octanol–water partition coefficient (Wildman–Crippen LogP) is -1.10. The highest BCUT2D eigenvalue weighted by atomic mass is 16.8. The van der Waals surface area contributed by atoms with Crippen molar-refractivity contribution in [2.45, 2.75) is 48.2 Å². The number of fused-ring (bicyclic) bond motifs is 4. The number of esters is 5. The topological polar surface area (TPSA) is 450 Å². The Morgan fingerprint density at radius 1 is 0.574 bits per heavy atom. The Labute approximate surface area is 373 Å². The van der Waals surface area contributed by atoms with Crippen LogP contribution in [0, 0.1) is 0 Å². The minimum atomic E-state index is -3.99. The summed E-state index contributed by atoms with van der Waals surface area (Å²) in [5.41, 5.74) is -8.46.